The van der Waals surface area contributed by atoms with E-state index in [1.807, 2.05) is 0 Å². The van der Waals surface area contributed by atoms with Crippen LogP contribution < -0.4 is 10.1 Å². The van der Waals surface area contributed by atoms with E-state index in [-0.39, 0.29) is 0 Å². The van der Waals surface area contributed by atoms with Crippen molar-refractivity contribution in [3.05, 3.63) is 28.8 Å². The Morgan fingerprint density at radius 2 is 2.11 bits per heavy atom. The largest absolute Gasteiger partial charge is 0.496 e. The summed E-state index contributed by atoms with van der Waals surface area (Å²) in [6.45, 7) is 4.98. The van der Waals surface area contributed by atoms with Gasteiger partial charge in [0.2, 0.25) is 5.13 Å². The maximum atomic E-state index is 5.30. The van der Waals surface area contributed by atoms with E-state index in [1.165, 1.54) is 22.7 Å². The molecule has 0 unspecified atom stereocenters. The molecule has 96 valence electrons. The van der Waals surface area contributed by atoms with Gasteiger partial charge >= 0.3 is 0 Å². The van der Waals surface area contributed by atoms with Crippen molar-refractivity contribution in [3.8, 4) is 5.75 Å². The molecule has 2 rings (SSSR count). The molecular weight excluding hydrogens is 248 g/mol. The van der Waals surface area contributed by atoms with Crippen LogP contribution >= 0.6 is 11.5 Å². The number of aryl methyl sites for hydroxylation is 2. The van der Waals surface area contributed by atoms with Gasteiger partial charge in [0.05, 0.1) is 7.11 Å². The summed E-state index contributed by atoms with van der Waals surface area (Å²) in [5, 5.41) is 11.3. The Kier molecular flexibility index (Phi) is 4.09. The minimum atomic E-state index is 0.762. The Hall–Kier alpha value is -1.69. The number of ether oxygens (including phenoxy) is 1. The molecule has 0 aliphatic carbocycles. The van der Waals surface area contributed by atoms with Gasteiger partial charge in [-0.1, -0.05) is 15.7 Å². The molecule has 0 atom stereocenters. The minimum Gasteiger partial charge on any atom is -0.496 e. The molecule has 1 heterocycles. The summed E-state index contributed by atoms with van der Waals surface area (Å²) in [5.74, 6) is 0.942. The van der Waals surface area contributed by atoms with Crippen molar-refractivity contribution >= 4 is 16.7 Å². The molecule has 1 aromatic carbocycles. The van der Waals surface area contributed by atoms with E-state index < -0.39 is 0 Å². The standard InChI is InChI=1S/C12H16N4OS/c1-8-7-11(17-3)9(2)6-10(8)4-5-13-12-14-15-16-18-12/h6-7H,4-5H2,1-3H3,(H,13,14,16). The summed E-state index contributed by atoms with van der Waals surface area (Å²) < 4.78 is 9.01. The summed E-state index contributed by atoms with van der Waals surface area (Å²) in [5.41, 5.74) is 3.73. The second kappa shape index (κ2) is 5.77. The fraction of sp³-hybridized carbons (Fsp3) is 0.417. The van der Waals surface area contributed by atoms with Gasteiger partial charge in [-0.25, -0.2) is 0 Å². The van der Waals surface area contributed by atoms with Crippen LogP contribution in [0.2, 0.25) is 0 Å². The highest BCUT2D eigenvalue weighted by Crippen LogP contribution is 2.22. The van der Waals surface area contributed by atoms with Crippen LogP contribution in [0.1, 0.15) is 16.7 Å². The summed E-state index contributed by atoms with van der Waals surface area (Å²) in [6.07, 6.45) is 0.941. The lowest BCUT2D eigenvalue weighted by molar-refractivity contribution is 0.411. The molecule has 0 spiro atoms. The Balaban J connectivity index is 1.99. The van der Waals surface area contributed by atoms with Crippen LogP contribution in [0.3, 0.4) is 0 Å². The Morgan fingerprint density at radius 3 is 2.78 bits per heavy atom. The first-order chi connectivity index (χ1) is 8.70. The van der Waals surface area contributed by atoms with Crippen molar-refractivity contribution in [1.82, 2.24) is 14.8 Å². The maximum absolute atomic E-state index is 5.30. The van der Waals surface area contributed by atoms with E-state index in [0.29, 0.717) is 0 Å². The Labute approximate surface area is 110 Å². The van der Waals surface area contributed by atoms with Gasteiger partial charge in [-0.05, 0) is 48.2 Å². The summed E-state index contributed by atoms with van der Waals surface area (Å²) in [4.78, 5) is 0. The summed E-state index contributed by atoms with van der Waals surface area (Å²) in [6, 6.07) is 4.26. The van der Waals surface area contributed by atoms with Gasteiger partial charge in [-0.3, -0.25) is 0 Å². The zero-order valence-corrected chi connectivity index (χ0v) is 11.5. The third-order valence-corrected chi connectivity index (χ3v) is 3.38. The van der Waals surface area contributed by atoms with E-state index in [1.54, 1.807) is 7.11 Å². The number of anilines is 1. The van der Waals surface area contributed by atoms with Crippen molar-refractivity contribution in [2.75, 3.05) is 19.0 Å². The van der Waals surface area contributed by atoms with Crippen LogP contribution in [-0.4, -0.2) is 28.5 Å². The molecule has 18 heavy (non-hydrogen) atoms. The number of hydrogen-bond donors (Lipinski definition) is 1. The van der Waals surface area contributed by atoms with Crippen molar-refractivity contribution in [3.63, 3.8) is 0 Å². The molecule has 0 aliphatic rings. The number of rotatable bonds is 5. The number of nitrogens with zero attached hydrogens (tertiary/aromatic N) is 3. The highest BCUT2D eigenvalue weighted by molar-refractivity contribution is 7.09. The predicted molar refractivity (Wildman–Crippen MR) is 72.4 cm³/mol. The number of nitrogens with one attached hydrogen (secondary N) is 1. The molecule has 0 bridgehead atoms. The molecule has 2 aromatic rings. The fourth-order valence-electron chi connectivity index (χ4n) is 1.84. The van der Waals surface area contributed by atoms with Crippen molar-refractivity contribution in [1.29, 1.82) is 0 Å². The molecule has 6 heteroatoms. The van der Waals surface area contributed by atoms with Gasteiger partial charge in [0.25, 0.3) is 0 Å². The lowest BCUT2D eigenvalue weighted by atomic mass is 10.0. The smallest absolute Gasteiger partial charge is 0.225 e. The second-order valence-electron chi connectivity index (χ2n) is 4.09. The Morgan fingerprint density at radius 1 is 1.28 bits per heavy atom. The van der Waals surface area contributed by atoms with E-state index in [0.717, 1.165) is 29.4 Å². The van der Waals surface area contributed by atoms with Crippen LogP contribution in [0.4, 0.5) is 5.13 Å². The number of methoxy groups -OCH3 is 1. The Bertz CT molecular complexity index is 513. The summed E-state index contributed by atoms with van der Waals surface area (Å²) in [7, 11) is 1.70. The van der Waals surface area contributed by atoms with Gasteiger partial charge < -0.3 is 10.1 Å². The van der Waals surface area contributed by atoms with Gasteiger partial charge in [0.1, 0.15) is 5.75 Å². The zero-order chi connectivity index (χ0) is 13.0. The molecule has 5 nitrogen and oxygen atoms in total. The van der Waals surface area contributed by atoms with E-state index >= 15 is 0 Å². The van der Waals surface area contributed by atoms with Crippen LogP contribution in [0, 0.1) is 13.8 Å². The average molecular weight is 264 g/mol. The highest BCUT2D eigenvalue weighted by Gasteiger charge is 2.05. The fourth-order valence-corrected chi connectivity index (χ4v) is 2.23. The van der Waals surface area contributed by atoms with Crippen LogP contribution in [-0.2, 0) is 6.42 Å². The molecule has 1 aromatic heterocycles. The van der Waals surface area contributed by atoms with Crippen molar-refractivity contribution < 1.29 is 4.74 Å². The topological polar surface area (TPSA) is 59.9 Å². The lowest BCUT2D eigenvalue weighted by Gasteiger charge is -2.11. The monoisotopic (exact) mass is 264 g/mol. The van der Waals surface area contributed by atoms with Crippen molar-refractivity contribution in [2.45, 2.75) is 20.3 Å². The van der Waals surface area contributed by atoms with E-state index in [4.69, 9.17) is 4.74 Å². The molecular formula is C12H16N4OS. The predicted octanol–water partition coefficient (Wildman–Crippen LogP) is 2.21. The van der Waals surface area contributed by atoms with Gasteiger partial charge in [0, 0.05) is 18.1 Å². The third kappa shape index (κ3) is 2.95. The first-order valence-corrected chi connectivity index (χ1v) is 6.51. The molecule has 0 aliphatic heterocycles. The van der Waals surface area contributed by atoms with Crippen molar-refractivity contribution in [2.24, 2.45) is 0 Å². The summed E-state index contributed by atoms with van der Waals surface area (Å²) >= 11 is 1.27. The molecule has 0 radical (unpaired) electrons. The number of aromatic nitrogens is 3. The lowest BCUT2D eigenvalue weighted by Crippen LogP contribution is -2.06. The van der Waals surface area contributed by atoms with Crippen LogP contribution in [0.25, 0.3) is 0 Å². The number of hydrogen-bond acceptors (Lipinski definition) is 6. The van der Waals surface area contributed by atoms with E-state index in [9.17, 15) is 0 Å². The maximum Gasteiger partial charge on any atom is 0.225 e. The van der Waals surface area contributed by atoms with Gasteiger partial charge in [0.15, 0.2) is 0 Å². The quantitative estimate of drug-likeness (QED) is 0.897. The highest BCUT2D eigenvalue weighted by atomic mass is 32.1. The molecule has 0 saturated carbocycles. The van der Waals surface area contributed by atoms with Crippen LogP contribution in [0.15, 0.2) is 12.1 Å². The third-order valence-electron chi connectivity index (χ3n) is 2.82. The van der Waals surface area contributed by atoms with Gasteiger partial charge in [-0.15, -0.1) is 0 Å². The minimum absolute atomic E-state index is 0.762. The molecule has 0 fully saturated rings. The SMILES string of the molecule is COc1cc(C)c(CCNc2nnns2)cc1C. The molecule has 1 N–H and O–H groups in total. The molecule has 0 amide bonds. The molecule has 0 saturated heterocycles. The first kappa shape index (κ1) is 12.8. The number of benzene rings is 1. The average Bonchev–Trinajstić information content (AvgIpc) is 2.86. The second-order valence-corrected chi connectivity index (χ2v) is 4.83. The van der Waals surface area contributed by atoms with Gasteiger partial charge in [-0.2, -0.15) is 0 Å². The zero-order valence-electron chi connectivity index (χ0n) is 10.7. The first-order valence-electron chi connectivity index (χ1n) is 5.73. The van der Waals surface area contributed by atoms with Crippen LogP contribution in [0.5, 0.6) is 5.75 Å². The normalized spacial score (nSPS) is 10.4. The van der Waals surface area contributed by atoms with E-state index in [2.05, 4.69) is 46.1 Å².